The lowest BCUT2D eigenvalue weighted by Gasteiger charge is -2.32. The van der Waals surface area contributed by atoms with E-state index < -0.39 is 28.8 Å². The van der Waals surface area contributed by atoms with E-state index in [1.165, 1.54) is 12.1 Å². The zero-order valence-electron chi connectivity index (χ0n) is 22.5. The van der Waals surface area contributed by atoms with Crippen molar-refractivity contribution in [2.24, 2.45) is 7.05 Å². The molecule has 3 rings (SSSR count). The SMILES string of the molecule is CCOC(=O)C(C)(C)Oc1ccc(C(C)(NC)c2c(C)c(-c3ccc(C(F)(F)F)cc3)nn2C)cc1C. The van der Waals surface area contributed by atoms with E-state index in [0.29, 0.717) is 17.0 Å². The molecule has 1 N–H and O–H groups in total. The van der Waals surface area contributed by atoms with Gasteiger partial charge >= 0.3 is 12.1 Å². The first-order valence-corrected chi connectivity index (χ1v) is 12.0. The highest BCUT2D eigenvalue weighted by atomic mass is 19.4. The van der Waals surface area contributed by atoms with E-state index in [1.807, 2.05) is 53.1 Å². The maximum absolute atomic E-state index is 13.0. The molecule has 0 aliphatic carbocycles. The molecule has 1 unspecified atom stereocenters. The molecule has 200 valence electrons. The van der Waals surface area contributed by atoms with Crippen molar-refractivity contribution in [3.8, 4) is 17.0 Å². The molecule has 9 heteroatoms. The molecular formula is C28H34F3N3O3. The van der Waals surface area contributed by atoms with Gasteiger partial charge in [-0.05, 0) is 77.9 Å². The van der Waals surface area contributed by atoms with Crippen molar-refractivity contribution in [3.05, 3.63) is 70.4 Å². The molecule has 0 bridgehead atoms. The van der Waals surface area contributed by atoms with Gasteiger partial charge < -0.3 is 14.8 Å². The zero-order valence-corrected chi connectivity index (χ0v) is 22.5. The summed E-state index contributed by atoms with van der Waals surface area (Å²) in [7, 11) is 3.66. The number of carbonyl (C=O) groups is 1. The van der Waals surface area contributed by atoms with Gasteiger partial charge in [0.25, 0.3) is 0 Å². The molecule has 37 heavy (non-hydrogen) atoms. The Bertz CT molecular complexity index is 1280. The predicted octanol–water partition coefficient (Wildman–Crippen LogP) is 5.93. The summed E-state index contributed by atoms with van der Waals surface area (Å²) in [6.45, 7) is 11.2. The van der Waals surface area contributed by atoms with Crippen molar-refractivity contribution >= 4 is 5.97 Å². The largest absolute Gasteiger partial charge is 0.476 e. The van der Waals surface area contributed by atoms with Crippen molar-refractivity contribution in [1.82, 2.24) is 15.1 Å². The van der Waals surface area contributed by atoms with E-state index in [1.54, 1.807) is 25.5 Å². The van der Waals surface area contributed by atoms with E-state index in [9.17, 15) is 18.0 Å². The number of hydrogen-bond acceptors (Lipinski definition) is 5. The first kappa shape index (κ1) is 28.2. The van der Waals surface area contributed by atoms with Crippen LogP contribution in [-0.2, 0) is 28.3 Å². The van der Waals surface area contributed by atoms with Crippen LogP contribution < -0.4 is 10.1 Å². The standard InChI is InChI=1S/C28H34F3N3O3/c1-9-36-25(35)26(4,5)37-22-15-14-21(16-17(22)2)27(6,32-7)24-18(3)23(33-34(24)8)19-10-12-20(13-11-19)28(29,30)31/h10-16,32H,9H2,1-8H3. The molecule has 0 fully saturated rings. The number of halogens is 3. The Balaban J connectivity index is 2.00. The van der Waals surface area contributed by atoms with Crippen LogP contribution in [0.15, 0.2) is 42.5 Å². The fourth-order valence-electron chi connectivity index (χ4n) is 4.52. The molecule has 0 aliphatic heterocycles. The van der Waals surface area contributed by atoms with E-state index in [4.69, 9.17) is 9.47 Å². The number of rotatable bonds is 8. The maximum atomic E-state index is 13.0. The van der Waals surface area contributed by atoms with Gasteiger partial charge in [-0.1, -0.05) is 24.3 Å². The summed E-state index contributed by atoms with van der Waals surface area (Å²) in [6.07, 6.45) is -4.40. The normalized spacial score (nSPS) is 13.8. The summed E-state index contributed by atoms with van der Waals surface area (Å²) in [5.74, 6) is 0.118. The molecule has 3 aromatic rings. The molecule has 0 aliphatic rings. The number of nitrogens with zero attached hydrogens (tertiary/aromatic N) is 2. The minimum atomic E-state index is -4.40. The third-order valence-electron chi connectivity index (χ3n) is 6.63. The van der Waals surface area contributed by atoms with Crippen molar-refractivity contribution in [2.75, 3.05) is 13.7 Å². The van der Waals surface area contributed by atoms with Gasteiger partial charge in [0.1, 0.15) is 5.75 Å². The second-order valence-electron chi connectivity index (χ2n) is 9.71. The van der Waals surface area contributed by atoms with Crippen molar-refractivity contribution in [1.29, 1.82) is 0 Å². The lowest BCUT2D eigenvalue weighted by Crippen LogP contribution is -2.41. The Kier molecular flexibility index (Phi) is 7.79. The molecule has 0 amide bonds. The highest BCUT2D eigenvalue weighted by molar-refractivity contribution is 5.79. The Morgan fingerprint density at radius 1 is 1.03 bits per heavy atom. The average Bonchev–Trinajstić information content (AvgIpc) is 3.13. The number of aromatic nitrogens is 2. The number of hydrogen-bond donors (Lipinski definition) is 1. The number of esters is 1. The van der Waals surface area contributed by atoms with Crippen LogP contribution in [0.3, 0.4) is 0 Å². The molecule has 0 spiro atoms. The first-order valence-electron chi connectivity index (χ1n) is 12.0. The van der Waals surface area contributed by atoms with Gasteiger partial charge in [-0.15, -0.1) is 0 Å². The summed E-state index contributed by atoms with van der Waals surface area (Å²) in [6, 6.07) is 10.8. The van der Waals surface area contributed by atoms with Gasteiger partial charge in [-0.3, -0.25) is 4.68 Å². The summed E-state index contributed by atoms with van der Waals surface area (Å²) < 4.78 is 52.0. The molecule has 1 heterocycles. The number of ether oxygens (including phenoxy) is 2. The van der Waals surface area contributed by atoms with E-state index >= 15 is 0 Å². The smallest absolute Gasteiger partial charge is 0.416 e. The van der Waals surface area contributed by atoms with Crippen molar-refractivity contribution in [2.45, 2.75) is 58.9 Å². The Morgan fingerprint density at radius 3 is 2.14 bits per heavy atom. The lowest BCUT2D eigenvalue weighted by atomic mass is 9.85. The van der Waals surface area contributed by atoms with Crippen LogP contribution in [-0.4, -0.2) is 35.0 Å². The zero-order chi connectivity index (χ0) is 27.8. The fourth-order valence-corrected chi connectivity index (χ4v) is 4.52. The first-order chi connectivity index (χ1) is 17.2. The Labute approximate surface area is 215 Å². The monoisotopic (exact) mass is 517 g/mol. The third-order valence-corrected chi connectivity index (χ3v) is 6.63. The van der Waals surface area contributed by atoms with Crippen molar-refractivity contribution < 1.29 is 27.4 Å². The summed E-state index contributed by atoms with van der Waals surface area (Å²) in [4.78, 5) is 12.3. The van der Waals surface area contributed by atoms with Gasteiger partial charge in [-0.25, -0.2) is 4.79 Å². The van der Waals surface area contributed by atoms with Gasteiger partial charge in [0.15, 0.2) is 5.60 Å². The van der Waals surface area contributed by atoms with E-state index in [0.717, 1.165) is 34.5 Å². The van der Waals surface area contributed by atoms with Crippen LogP contribution in [0.5, 0.6) is 5.75 Å². The molecule has 0 saturated heterocycles. The van der Waals surface area contributed by atoms with Gasteiger partial charge in [0, 0.05) is 18.2 Å². The molecule has 2 aromatic carbocycles. The van der Waals surface area contributed by atoms with E-state index in [2.05, 4.69) is 10.4 Å². The Morgan fingerprint density at radius 2 is 1.62 bits per heavy atom. The third kappa shape index (κ3) is 5.51. The lowest BCUT2D eigenvalue weighted by molar-refractivity contribution is -0.158. The van der Waals surface area contributed by atoms with Crippen LogP contribution in [0.2, 0.25) is 0 Å². The molecule has 0 saturated carbocycles. The fraction of sp³-hybridized carbons (Fsp3) is 0.429. The number of aryl methyl sites for hydroxylation is 2. The van der Waals surface area contributed by atoms with Crippen LogP contribution in [0.1, 0.15) is 55.6 Å². The highest BCUT2D eigenvalue weighted by Gasteiger charge is 2.36. The van der Waals surface area contributed by atoms with Crippen LogP contribution in [0.4, 0.5) is 13.2 Å². The predicted molar refractivity (Wildman–Crippen MR) is 136 cm³/mol. The topological polar surface area (TPSA) is 65.4 Å². The summed E-state index contributed by atoms with van der Waals surface area (Å²) in [5, 5.41) is 8.05. The average molecular weight is 518 g/mol. The minimum Gasteiger partial charge on any atom is -0.476 e. The summed E-state index contributed by atoms with van der Waals surface area (Å²) >= 11 is 0. The van der Waals surface area contributed by atoms with Gasteiger partial charge in [-0.2, -0.15) is 18.3 Å². The number of carbonyl (C=O) groups excluding carboxylic acids is 1. The summed E-state index contributed by atoms with van der Waals surface area (Å²) in [5.41, 5.74) is 2.16. The van der Waals surface area contributed by atoms with Crippen LogP contribution >= 0.6 is 0 Å². The van der Waals surface area contributed by atoms with Crippen LogP contribution in [0.25, 0.3) is 11.3 Å². The maximum Gasteiger partial charge on any atom is 0.416 e. The molecular weight excluding hydrogens is 483 g/mol. The van der Waals surface area contributed by atoms with Gasteiger partial charge in [0.05, 0.1) is 29.1 Å². The molecule has 1 aromatic heterocycles. The second-order valence-corrected chi connectivity index (χ2v) is 9.71. The number of benzene rings is 2. The minimum absolute atomic E-state index is 0.266. The molecule has 6 nitrogen and oxygen atoms in total. The highest BCUT2D eigenvalue weighted by Crippen LogP contribution is 2.38. The van der Waals surface area contributed by atoms with Crippen molar-refractivity contribution in [3.63, 3.8) is 0 Å². The second kappa shape index (κ2) is 10.2. The van der Waals surface area contributed by atoms with Crippen LogP contribution in [0, 0.1) is 13.8 Å². The molecule has 0 radical (unpaired) electrons. The number of nitrogens with one attached hydrogen (secondary N) is 1. The quantitative estimate of drug-likeness (QED) is 0.376. The molecule has 1 atom stereocenters. The van der Waals surface area contributed by atoms with Gasteiger partial charge in [0.2, 0.25) is 0 Å². The van der Waals surface area contributed by atoms with E-state index in [-0.39, 0.29) is 6.61 Å². The number of alkyl halides is 3. The Hall–Kier alpha value is -3.33.